The lowest BCUT2D eigenvalue weighted by atomic mass is 9.61. The van der Waals surface area contributed by atoms with Crippen molar-refractivity contribution < 1.29 is 8.42 Å². The summed E-state index contributed by atoms with van der Waals surface area (Å²) in [5, 5.41) is 9.70. The summed E-state index contributed by atoms with van der Waals surface area (Å²) in [6.07, 6.45) is 5.32. The lowest BCUT2D eigenvalue weighted by Crippen LogP contribution is -2.54. The molecule has 2 aliphatic rings. The summed E-state index contributed by atoms with van der Waals surface area (Å²) in [5.41, 5.74) is 0.0874. The highest BCUT2D eigenvalue weighted by Crippen LogP contribution is 2.61. The van der Waals surface area contributed by atoms with Crippen LogP contribution < -0.4 is 0 Å². The summed E-state index contributed by atoms with van der Waals surface area (Å²) < 4.78 is 24.4. The van der Waals surface area contributed by atoms with Gasteiger partial charge in [-0.15, -0.1) is 0 Å². The van der Waals surface area contributed by atoms with Gasteiger partial charge in [-0.2, -0.15) is 5.26 Å². The van der Waals surface area contributed by atoms with Gasteiger partial charge in [0.15, 0.2) is 14.6 Å². The summed E-state index contributed by atoms with van der Waals surface area (Å²) in [6.45, 7) is 0. The standard InChI is InChI=1S/C15H16ClNO2S/c16-12-5-1-2-6-13(12)20(18,19)15(11-17)9-14(10-15)7-3-4-8-14/h1-2,5-6H,3-4,7-10H2. The van der Waals surface area contributed by atoms with Crippen LogP contribution in [0.25, 0.3) is 0 Å². The fourth-order valence-corrected chi connectivity index (χ4v) is 6.40. The van der Waals surface area contributed by atoms with Crippen molar-refractivity contribution in [3.63, 3.8) is 0 Å². The number of halogens is 1. The van der Waals surface area contributed by atoms with Gasteiger partial charge in [0.05, 0.1) is 16.0 Å². The van der Waals surface area contributed by atoms with Crippen molar-refractivity contribution in [2.75, 3.05) is 0 Å². The second-order valence-electron chi connectivity index (χ2n) is 6.10. The van der Waals surface area contributed by atoms with Crippen molar-refractivity contribution >= 4 is 21.4 Å². The van der Waals surface area contributed by atoms with Crippen LogP contribution >= 0.6 is 11.6 Å². The van der Waals surface area contributed by atoms with Gasteiger partial charge in [0, 0.05) is 0 Å². The van der Waals surface area contributed by atoms with Crippen LogP contribution in [0.3, 0.4) is 0 Å². The highest BCUT2D eigenvalue weighted by molar-refractivity contribution is 7.93. The zero-order chi connectivity index (χ0) is 14.4. The molecule has 3 nitrogen and oxygen atoms in total. The molecule has 0 aromatic heterocycles. The first-order valence-electron chi connectivity index (χ1n) is 6.85. The zero-order valence-electron chi connectivity index (χ0n) is 11.1. The van der Waals surface area contributed by atoms with Gasteiger partial charge in [0.2, 0.25) is 0 Å². The van der Waals surface area contributed by atoms with E-state index in [1.165, 1.54) is 6.07 Å². The Labute approximate surface area is 124 Å². The molecule has 0 atom stereocenters. The summed E-state index contributed by atoms with van der Waals surface area (Å²) in [4.78, 5) is 0.0936. The van der Waals surface area contributed by atoms with Crippen LogP contribution in [-0.2, 0) is 9.84 Å². The number of rotatable bonds is 2. The number of benzene rings is 1. The van der Waals surface area contributed by atoms with E-state index >= 15 is 0 Å². The largest absolute Gasteiger partial charge is 0.222 e. The summed E-state index contributed by atoms with van der Waals surface area (Å²) in [5.74, 6) is 0. The summed E-state index contributed by atoms with van der Waals surface area (Å²) in [7, 11) is -3.70. The van der Waals surface area contributed by atoms with Gasteiger partial charge in [-0.1, -0.05) is 36.6 Å². The van der Waals surface area contributed by atoms with Gasteiger partial charge < -0.3 is 0 Å². The number of sulfone groups is 1. The Morgan fingerprint density at radius 2 is 1.75 bits per heavy atom. The molecule has 0 aliphatic heterocycles. The first kappa shape index (κ1) is 13.9. The lowest BCUT2D eigenvalue weighted by Gasteiger charge is -2.50. The molecule has 20 heavy (non-hydrogen) atoms. The smallest absolute Gasteiger partial charge is 0.198 e. The van der Waals surface area contributed by atoms with E-state index < -0.39 is 14.6 Å². The van der Waals surface area contributed by atoms with Crippen LogP contribution in [0.4, 0.5) is 0 Å². The van der Waals surface area contributed by atoms with E-state index in [4.69, 9.17) is 11.6 Å². The first-order valence-corrected chi connectivity index (χ1v) is 8.71. The van der Waals surface area contributed by atoms with Crippen LogP contribution in [0.1, 0.15) is 38.5 Å². The monoisotopic (exact) mass is 309 g/mol. The Morgan fingerprint density at radius 1 is 1.15 bits per heavy atom. The van der Waals surface area contributed by atoms with Crippen molar-refractivity contribution in [3.8, 4) is 6.07 Å². The molecule has 1 aromatic rings. The Balaban J connectivity index is 1.99. The molecule has 0 heterocycles. The minimum atomic E-state index is -3.70. The van der Waals surface area contributed by atoms with Crippen molar-refractivity contribution in [2.24, 2.45) is 5.41 Å². The van der Waals surface area contributed by atoms with Crippen LogP contribution in [0.15, 0.2) is 29.2 Å². The predicted molar refractivity (Wildman–Crippen MR) is 77.1 cm³/mol. The van der Waals surface area contributed by atoms with E-state index in [-0.39, 0.29) is 15.3 Å². The molecule has 5 heteroatoms. The maximum absolute atomic E-state index is 12.8. The SMILES string of the molecule is N#CC1(S(=O)(=O)c2ccccc2Cl)CC2(CCCC2)C1. The number of nitrogens with zero attached hydrogens (tertiary/aromatic N) is 1. The number of nitriles is 1. The third-order valence-corrected chi connectivity index (χ3v) is 7.62. The molecule has 0 saturated heterocycles. The van der Waals surface area contributed by atoms with Gasteiger partial charge in [-0.3, -0.25) is 0 Å². The van der Waals surface area contributed by atoms with Gasteiger partial charge in [0.1, 0.15) is 0 Å². The molecule has 0 amide bonds. The minimum Gasteiger partial charge on any atom is -0.222 e. The average molecular weight is 310 g/mol. The number of hydrogen-bond donors (Lipinski definition) is 0. The third-order valence-electron chi connectivity index (χ3n) is 4.83. The normalized spacial score (nSPS) is 23.2. The highest BCUT2D eigenvalue weighted by Gasteiger charge is 2.63. The van der Waals surface area contributed by atoms with E-state index in [1.807, 2.05) is 0 Å². The quantitative estimate of drug-likeness (QED) is 0.836. The van der Waals surface area contributed by atoms with Crippen molar-refractivity contribution in [1.29, 1.82) is 5.26 Å². The topological polar surface area (TPSA) is 57.9 Å². The molecule has 2 aliphatic carbocycles. The summed E-state index contributed by atoms with van der Waals surface area (Å²) >= 11 is 6.02. The van der Waals surface area contributed by atoms with Crippen molar-refractivity contribution in [3.05, 3.63) is 29.3 Å². The second-order valence-corrected chi connectivity index (χ2v) is 8.74. The van der Waals surface area contributed by atoms with E-state index in [9.17, 15) is 13.7 Å². The molecule has 106 valence electrons. The molecule has 0 N–H and O–H groups in total. The molecular weight excluding hydrogens is 294 g/mol. The molecule has 3 rings (SSSR count). The molecule has 0 unspecified atom stereocenters. The van der Waals surface area contributed by atoms with Gasteiger partial charge in [-0.05, 0) is 43.2 Å². The Kier molecular flexibility index (Phi) is 3.11. The first-order chi connectivity index (χ1) is 9.45. The average Bonchev–Trinajstić information content (AvgIpc) is 2.85. The van der Waals surface area contributed by atoms with E-state index in [1.54, 1.807) is 18.2 Å². The molecule has 1 spiro atoms. The molecule has 0 radical (unpaired) electrons. The van der Waals surface area contributed by atoms with Crippen LogP contribution in [0.2, 0.25) is 5.02 Å². The van der Waals surface area contributed by atoms with Crippen LogP contribution in [0.5, 0.6) is 0 Å². The van der Waals surface area contributed by atoms with Gasteiger partial charge >= 0.3 is 0 Å². The van der Waals surface area contributed by atoms with E-state index in [0.29, 0.717) is 12.8 Å². The maximum Gasteiger partial charge on any atom is 0.198 e. The minimum absolute atomic E-state index is 0.0874. The second kappa shape index (κ2) is 4.47. The van der Waals surface area contributed by atoms with E-state index in [0.717, 1.165) is 25.7 Å². The summed E-state index contributed by atoms with van der Waals surface area (Å²) in [6, 6.07) is 8.48. The van der Waals surface area contributed by atoms with Crippen molar-refractivity contribution in [1.82, 2.24) is 0 Å². The fraction of sp³-hybridized carbons (Fsp3) is 0.533. The molecule has 2 fully saturated rings. The molecule has 1 aromatic carbocycles. The maximum atomic E-state index is 12.8. The van der Waals surface area contributed by atoms with Crippen LogP contribution in [-0.4, -0.2) is 13.2 Å². The van der Waals surface area contributed by atoms with Gasteiger partial charge in [0.25, 0.3) is 0 Å². The van der Waals surface area contributed by atoms with Crippen LogP contribution in [0, 0.1) is 16.7 Å². The molecule has 2 saturated carbocycles. The Morgan fingerprint density at radius 3 is 2.30 bits per heavy atom. The lowest BCUT2D eigenvalue weighted by molar-refractivity contribution is 0.113. The Bertz CT molecular complexity index is 676. The molecule has 0 bridgehead atoms. The number of hydrogen-bond acceptors (Lipinski definition) is 3. The zero-order valence-corrected chi connectivity index (χ0v) is 12.7. The third kappa shape index (κ3) is 1.80. The van der Waals surface area contributed by atoms with Gasteiger partial charge in [-0.25, -0.2) is 8.42 Å². The predicted octanol–water partition coefficient (Wildman–Crippen LogP) is 3.73. The van der Waals surface area contributed by atoms with Crippen molar-refractivity contribution in [2.45, 2.75) is 48.2 Å². The highest BCUT2D eigenvalue weighted by atomic mass is 35.5. The molecular formula is C15H16ClNO2S. The fourth-order valence-electron chi connectivity index (χ4n) is 3.84. The van der Waals surface area contributed by atoms with E-state index in [2.05, 4.69) is 6.07 Å². The Hall–Kier alpha value is -1.05.